The number of halogens is 2. The van der Waals surface area contributed by atoms with Gasteiger partial charge in [0.05, 0.1) is 5.69 Å². The zero-order valence-corrected chi connectivity index (χ0v) is 14.6. The molecular weight excluding hydrogens is 318 g/mol. The molecule has 1 heterocycles. The maximum atomic E-state index is 13.5. The highest BCUT2D eigenvalue weighted by molar-refractivity contribution is 5.59. The summed E-state index contributed by atoms with van der Waals surface area (Å²) < 4.78 is 29.0. The molecule has 4 heteroatoms. The van der Waals surface area contributed by atoms with Crippen molar-refractivity contribution in [3.63, 3.8) is 0 Å². The highest BCUT2D eigenvalue weighted by Gasteiger charge is 2.18. The molecule has 2 aromatic carbocycles. The van der Waals surface area contributed by atoms with Crippen LogP contribution in [0.4, 0.5) is 8.78 Å². The Balaban J connectivity index is 1.99. The number of rotatable bonds is 4. The minimum Gasteiger partial charge on any atom is -0.330 e. The molecule has 1 aromatic heterocycles. The molecule has 0 unspecified atom stereocenters. The highest BCUT2D eigenvalue weighted by Crippen LogP contribution is 2.27. The molecule has 0 N–H and O–H groups in total. The second-order valence-electron chi connectivity index (χ2n) is 7.26. The molecule has 0 atom stereocenters. The topological polar surface area (TPSA) is 17.8 Å². The van der Waals surface area contributed by atoms with Crippen molar-refractivity contribution in [3.05, 3.63) is 84.2 Å². The number of imidazole rings is 1. The van der Waals surface area contributed by atoms with Gasteiger partial charge in [0, 0.05) is 24.7 Å². The maximum Gasteiger partial charge on any atom is 0.123 e. The molecule has 2 nitrogen and oxygen atoms in total. The monoisotopic (exact) mass is 339 g/mol. The van der Waals surface area contributed by atoms with Crippen molar-refractivity contribution < 1.29 is 8.78 Å². The smallest absolute Gasteiger partial charge is 0.123 e. The van der Waals surface area contributed by atoms with Crippen LogP contribution in [0.15, 0.2) is 54.7 Å². The average molecular weight is 339 g/mol. The van der Waals surface area contributed by atoms with E-state index in [0.717, 1.165) is 17.0 Å². The second kappa shape index (κ2) is 6.79. The van der Waals surface area contributed by atoms with E-state index in [1.54, 1.807) is 12.1 Å². The van der Waals surface area contributed by atoms with E-state index in [4.69, 9.17) is 0 Å². The summed E-state index contributed by atoms with van der Waals surface area (Å²) in [5.41, 5.74) is 2.21. The van der Waals surface area contributed by atoms with Crippen LogP contribution in [-0.2, 0) is 6.54 Å². The van der Waals surface area contributed by atoms with Crippen molar-refractivity contribution in [2.24, 2.45) is 5.41 Å². The molecule has 0 aliphatic heterocycles. The third-order valence-electron chi connectivity index (χ3n) is 3.73. The molecule has 0 aliphatic carbocycles. The minimum atomic E-state index is -0.293. The number of benzene rings is 2. The fourth-order valence-electron chi connectivity index (χ4n) is 2.68. The molecule has 0 saturated carbocycles. The van der Waals surface area contributed by atoms with Gasteiger partial charge in [-0.15, -0.1) is 0 Å². The first-order valence-corrected chi connectivity index (χ1v) is 8.24. The molecule has 3 aromatic rings. The molecule has 129 valence electrons. The van der Waals surface area contributed by atoms with Crippen LogP contribution in [0, 0.1) is 23.5 Å². The normalized spacial score (nSPS) is 11.7. The standard InChI is InChI=1S/C21H21F2N2/c1-21(2,3)12-20-24-19(16-7-5-9-18(23)11-16)14-25(20)13-15-6-4-8-17(22)10-15/h4-12,14H,13H2,1-3H3. The van der Waals surface area contributed by atoms with Crippen LogP contribution >= 0.6 is 0 Å². The quantitative estimate of drug-likeness (QED) is 0.616. The van der Waals surface area contributed by atoms with E-state index in [2.05, 4.69) is 32.2 Å². The fourth-order valence-corrected chi connectivity index (χ4v) is 2.68. The first-order chi connectivity index (χ1) is 11.8. The lowest BCUT2D eigenvalue weighted by atomic mass is 9.92. The van der Waals surface area contributed by atoms with E-state index in [0.29, 0.717) is 12.2 Å². The van der Waals surface area contributed by atoms with E-state index in [1.165, 1.54) is 24.3 Å². The number of nitrogens with zero attached hydrogens (tertiary/aromatic N) is 2. The first kappa shape index (κ1) is 17.3. The summed E-state index contributed by atoms with van der Waals surface area (Å²) >= 11 is 0. The Hall–Kier alpha value is -2.49. The van der Waals surface area contributed by atoms with Crippen molar-refractivity contribution >= 4 is 0 Å². The molecule has 0 fully saturated rings. The molecule has 0 aliphatic rings. The van der Waals surface area contributed by atoms with Gasteiger partial charge in [0.15, 0.2) is 0 Å². The molecule has 0 spiro atoms. The van der Waals surface area contributed by atoms with E-state index in [9.17, 15) is 8.78 Å². The van der Waals surface area contributed by atoms with Crippen molar-refractivity contribution in [2.75, 3.05) is 0 Å². The molecule has 0 amide bonds. The second-order valence-corrected chi connectivity index (χ2v) is 7.26. The van der Waals surface area contributed by atoms with Gasteiger partial charge in [0.2, 0.25) is 0 Å². The molecule has 3 rings (SSSR count). The third kappa shape index (κ3) is 4.53. The van der Waals surface area contributed by atoms with Gasteiger partial charge >= 0.3 is 0 Å². The van der Waals surface area contributed by atoms with Crippen LogP contribution in [0.3, 0.4) is 0 Å². The Bertz CT molecular complexity index is 876. The van der Waals surface area contributed by atoms with Crippen LogP contribution in [0.2, 0.25) is 0 Å². The lowest BCUT2D eigenvalue weighted by Gasteiger charge is -2.18. The van der Waals surface area contributed by atoms with Crippen LogP contribution in [0.25, 0.3) is 11.3 Å². The summed E-state index contributed by atoms with van der Waals surface area (Å²) in [5.74, 6) is 0.235. The van der Waals surface area contributed by atoms with Crippen molar-refractivity contribution in [1.29, 1.82) is 0 Å². The van der Waals surface area contributed by atoms with Crippen LogP contribution in [0.1, 0.15) is 32.2 Å². The van der Waals surface area contributed by atoms with Crippen LogP contribution in [-0.4, -0.2) is 9.55 Å². The third-order valence-corrected chi connectivity index (χ3v) is 3.73. The Morgan fingerprint density at radius 2 is 1.68 bits per heavy atom. The molecular formula is C21H21F2N2. The molecule has 25 heavy (non-hydrogen) atoms. The van der Waals surface area contributed by atoms with Gasteiger partial charge in [-0.05, 0) is 35.2 Å². The van der Waals surface area contributed by atoms with E-state index in [-0.39, 0.29) is 17.0 Å². The lowest BCUT2D eigenvalue weighted by molar-refractivity contribution is 0.491. The number of aromatic nitrogens is 2. The van der Waals surface area contributed by atoms with Crippen LogP contribution in [0.5, 0.6) is 0 Å². The van der Waals surface area contributed by atoms with E-state index < -0.39 is 0 Å². The van der Waals surface area contributed by atoms with Gasteiger partial charge in [-0.3, -0.25) is 0 Å². The van der Waals surface area contributed by atoms with Gasteiger partial charge in [0.25, 0.3) is 0 Å². The largest absolute Gasteiger partial charge is 0.330 e. The first-order valence-electron chi connectivity index (χ1n) is 8.24. The van der Waals surface area contributed by atoms with Gasteiger partial charge in [-0.1, -0.05) is 45.0 Å². The zero-order valence-electron chi connectivity index (χ0n) is 14.6. The maximum absolute atomic E-state index is 13.5. The van der Waals surface area contributed by atoms with Crippen molar-refractivity contribution in [3.8, 4) is 11.3 Å². The fraction of sp³-hybridized carbons (Fsp3) is 0.238. The van der Waals surface area contributed by atoms with E-state index in [1.807, 2.05) is 22.9 Å². The summed E-state index contributed by atoms with van der Waals surface area (Å²) in [4.78, 5) is 4.67. The minimum absolute atomic E-state index is 0.0652. The number of hydrogen-bond acceptors (Lipinski definition) is 1. The summed E-state index contributed by atoms with van der Waals surface area (Å²) in [6.07, 6.45) is 3.95. The van der Waals surface area contributed by atoms with Gasteiger partial charge in [0.1, 0.15) is 17.5 Å². The summed E-state index contributed by atoms with van der Waals surface area (Å²) in [5, 5.41) is 0. The highest BCUT2D eigenvalue weighted by atomic mass is 19.1. The average Bonchev–Trinajstić information content (AvgIpc) is 2.88. The Kier molecular flexibility index (Phi) is 4.71. The van der Waals surface area contributed by atoms with Crippen molar-refractivity contribution in [2.45, 2.75) is 27.3 Å². The summed E-state index contributed by atoms with van der Waals surface area (Å²) in [6, 6.07) is 12.9. The predicted octanol–water partition coefficient (Wildman–Crippen LogP) is 5.48. The zero-order chi connectivity index (χ0) is 18.0. The predicted molar refractivity (Wildman–Crippen MR) is 96.0 cm³/mol. The molecule has 1 radical (unpaired) electrons. The number of hydrogen-bond donors (Lipinski definition) is 0. The lowest BCUT2D eigenvalue weighted by Crippen LogP contribution is -2.12. The molecule has 0 bridgehead atoms. The van der Waals surface area contributed by atoms with Gasteiger partial charge < -0.3 is 4.57 Å². The molecule has 0 saturated heterocycles. The SMILES string of the molecule is CC(C)(C)[CH]c1nc(-c2cccc(F)c2)cn1Cc1cccc(F)c1. The Labute approximate surface area is 147 Å². The van der Waals surface area contributed by atoms with Gasteiger partial charge in [-0.25, -0.2) is 13.8 Å². The van der Waals surface area contributed by atoms with Crippen molar-refractivity contribution in [1.82, 2.24) is 9.55 Å². The summed E-state index contributed by atoms with van der Waals surface area (Å²) in [6.45, 7) is 6.78. The van der Waals surface area contributed by atoms with Gasteiger partial charge in [-0.2, -0.15) is 0 Å². The van der Waals surface area contributed by atoms with E-state index >= 15 is 0 Å². The van der Waals surface area contributed by atoms with Crippen LogP contribution < -0.4 is 0 Å². The Morgan fingerprint density at radius 1 is 1.00 bits per heavy atom. The Morgan fingerprint density at radius 3 is 2.32 bits per heavy atom. The summed E-state index contributed by atoms with van der Waals surface area (Å²) in [7, 11) is 0.